The van der Waals surface area contributed by atoms with Crippen LogP contribution < -0.4 is 0 Å². The third-order valence-electron chi connectivity index (χ3n) is 8.99. The van der Waals surface area contributed by atoms with E-state index in [2.05, 4.69) is 27.7 Å². The molecule has 0 N–H and O–H groups in total. The van der Waals surface area contributed by atoms with Gasteiger partial charge in [0.15, 0.2) is 0 Å². The van der Waals surface area contributed by atoms with Crippen molar-refractivity contribution in [1.82, 2.24) is 0 Å². The van der Waals surface area contributed by atoms with E-state index >= 15 is 0 Å². The van der Waals surface area contributed by atoms with Gasteiger partial charge in [0.25, 0.3) is 0 Å². The first-order valence-electron chi connectivity index (χ1n) is 8.82. The van der Waals surface area contributed by atoms with Gasteiger partial charge in [-0.2, -0.15) is 0 Å². The number of hydrogen-bond acceptors (Lipinski definition) is 0. The van der Waals surface area contributed by atoms with Crippen molar-refractivity contribution >= 4 is 0 Å². The standard InChI is InChI=1S/C19H32/c1-16-8-5-9-17(2)13-18(3,11-10-16)19(4)12-14(16)6-7-15(17)19/h14-15H,5-13H2,1-4H3. The van der Waals surface area contributed by atoms with Crippen LogP contribution in [0.1, 0.15) is 85.5 Å². The van der Waals surface area contributed by atoms with Crippen molar-refractivity contribution in [1.29, 1.82) is 0 Å². The van der Waals surface area contributed by atoms with Crippen LogP contribution >= 0.6 is 0 Å². The molecule has 0 amide bonds. The van der Waals surface area contributed by atoms with Gasteiger partial charge in [0.05, 0.1) is 0 Å². The fourth-order valence-corrected chi connectivity index (χ4v) is 7.67. The fourth-order valence-electron chi connectivity index (χ4n) is 7.67. The third-order valence-corrected chi connectivity index (χ3v) is 8.99. The van der Waals surface area contributed by atoms with Crippen LogP contribution in [-0.4, -0.2) is 0 Å². The van der Waals surface area contributed by atoms with Gasteiger partial charge in [-0.3, -0.25) is 0 Å². The summed E-state index contributed by atoms with van der Waals surface area (Å²) in [6.45, 7) is 10.7. The predicted octanol–water partition coefficient (Wildman–Crippen LogP) is 5.81. The van der Waals surface area contributed by atoms with Gasteiger partial charge >= 0.3 is 0 Å². The fraction of sp³-hybridized carbons (Fsp3) is 1.00. The SMILES string of the molecule is CC12CCCC3(C)CC(C)(CC1)C1(C)CC2CCC31. The van der Waals surface area contributed by atoms with Crippen molar-refractivity contribution in [3.8, 4) is 0 Å². The molecule has 6 bridgehead atoms. The van der Waals surface area contributed by atoms with Crippen molar-refractivity contribution in [2.75, 3.05) is 0 Å². The lowest BCUT2D eigenvalue weighted by Gasteiger charge is -2.50. The maximum Gasteiger partial charge on any atom is -0.0235 e. The van der Waals surface area contributed by atoms with Crippen LogP contribution in [0.5, 0.6) is 0 Å². The van der Waals surface area contributed by atoms with E-state index in [1.54, 1.807) is 19.3 Å². The Hall–Kier alpha value is 0. The van der Waals surface area contributed by atoms with E-state index in [-0.39, 0.29) is 0 Å². The van der Waals surface area contributed by atoms with Crippen LogP contribution in [0, 0.1) is 33.5 Å². The zero-order valence-corrected chi connectivity index (χ0v) is 13.5. The first-order valence-corrected chi connectivity index (χ1v) is 8.82. The molecule has 6 saturated carbocycles. The highest BCUT2D eigenvalue weighted by Crippen LogP contribution is 2.76. The Balaban J connectivity index is 1.93. The summed E-state index contributed by atoms with van der Waals surface area (Å²) in [6.07, 6.45) is 13.8. The molecule has 0 nitrogen and oxygen atoms in total. The number of rotatable bonds is 0. The maximum absolute atomic E-state index is 2.70. The Morgan fingerprint density at radius 3 is 2.32 bits per heavy atom. The molecule has 108 valence electrons. The van der Waals surface area contributed by atoms with Gasteiger partial charge in [0, 0.05) is 0 Å². The molecule has 0 aromatic carbocycles. The average molecular weight is 260 g/mol. The minimum absolute atomic E-state index is 0.646. The second kappa shape index (κ2) is 3.42. The molecule has 6 unspecified atom stereocenters. The highest BCUT2D eigenvalue weighted by atomic mass is 14.7. The molecule has 0 saturated heterocycles. The topological polar surface area (TPSA) is 0 Å². The summed E-state index contributed by atoms with van der Waals surface area (Å²) in [7, 11) is 0. The van der Waals surface area contributed by atoms with Crippen molar-refractivity contribution in [3.05, 3.63) is 0 Å². The van der Waals surface area contributed by atoms with Crippen molar-refractivity contribution in [2.24, 2.45) is 33.5 Å². The van der Waals surface area contributed by atoms with Crippen LogP contribution in [0.2, 0.25) is 0 Å². The van der Waals surface area contributed by atoms with Crippen molar-refractivity contribution in [3.63, 3.8) is 0 Å². The number of fused-ring (bicyclic) bond motifs is 2. The van der Waals surface area contributed by atoms with Gasteiger partial charge in [-0.05, 0) is 84.9 Å². The van der Waals surface area contributed by atoms with Crippen LogP contribution in [-0.2, 0) is 0 Å². The summed E-state index contributed by atoms with van der Waals surface area (Å²) in [6, 6.07) is 0. The smallest absolute Gasteiger partial charge is 0.0235 e. The van der Waals surface area contributed by atoms with Gasteiger partial charge in [-0.1, -0.05) is 34.1 Å². The van der Waals surface area contributed by atoms with Gasteiger partial charge < -0.3 is 0 Å². The normalized spacial score (nSPS) is 63.8. The second-order valence-corrected chi connectivity index (χ2v) is 9.85. The third kappa shape index (κ3) is 1.37. The van der Waals surface area contributed by atoms with E-state index in [0.717, 1.165) is 11.8 Å². The quantitative estimate of drug-likeness (QED) is 0.515. The number of hydrogen-bond donors (Lipinski definition) is 0. The van der Waals surface area contributed by atoms with E-state index < -0.39 is 0 Å². The summed E-state index contributed by atoms with van der Waals surface area (Å²) in [5, 5.41) is 0. The Labute approximate surface area is 119 Å². The summed E-state index contributed by atoms with van der Waals surface area (Å²) < 4.78 is 0. The molecule has 0 spiro atoms. The highest BCUT2D eigenvalue weighted by Gasteiger charge is 2.67. The highest BCUT2D eigenvalue weighted by molar-refractivity contribution is 5.16. The molecule has 6 fully saturated rings. The van der Waals surface area contributed by atoms with E-state index in [1.165, 1.54) is 38.5 Å². The molecule has 6 aliphatic carbocycles. The van der Waals surface area contributed by atoms with Gasteiger partial charge in [-0.25, -0.2) is 0 Å². The van der Waals surface area contributed by atoms with Crippen molar-refractivity contribution < 1.29 is 0 Å². The predicted molar refractivity (Wildman–Crippen MR) is 81.0 cm³/mol. The molecular weight excluding hydrogens is 228 g/mol. The lowest BCUT2D eigenvalue weighted by atomic mass is 9.54. The van der Waals surface area contributed by atoms with Crippen LogP contribution in [0.4, 0.5) is 0 Å². The summed E-state index contributed by atoms with van der Waals surface area (Å²) in [5.74, 6) is 2.07. The Bertz CT molecular complexity index is 412. The lowest BCUT2D eigenvalue weighted by molar-refractivity contribution is -0.0130. The molecule has 0 radical (unpaired) electrons. The molecular formula is C19H32. The second-order valence-electron chi connectivity index (χ2n) is 9.85. The molecule has 0 heterocycles. The zero-order valence-electron chi connectivity index (χ0n) is 13.5. The maximum atomic E-state index is 2.70. The molecule has 19 heavy (non-hydrogen) atoms. The van der Waals surface area contributed by atoms with Gasteiger partial charge in [-0.15, -0.1) is 0 Å². The Morgan fingerprint density at radius 2 is 1.53 bits per heavy atom. The monoisotopic (exact) mass is 260 g/mol. The minimum atomic E-state index is 0.646. The first-order chi connectivity index (χ1) is 8.82. The van der Waals surface area contributed by atoms with Crippen LogP contribution in [0.3, 0.4) is 0 Å². The molecule has 6 aliphatic rings. The summed E-state index contributed by atoms with van der Waals surface area (Å²) in [5.41, 5.74) is 2.66. The Morgan fingerprint density at radius 1 is 0.789 bits per heavy atom. The molecule has 0 aromatic heterocycles. The molecule has 0 aromatic rings. The molecule has 6 atom stereocenters. The van der Waals surface area contributed by atoms with E-state index in [9.17, 15) is 0 Å². The lowest BCUT2D eigenvalue weighted by Crippen LogP contribution is -2.42. The molecule has 0 heteroatoms. The minimum Gasteiger partial charge on any atom is -0.0594 e. The molecule has 0 aliphatic heterocycles. The Kier molecular flexibility index (Phi) is 2.29. The van der Waals surface area contributed by atoms with Crippen molar-refractivity contribution in [2.45, 2.75) is 85.5 Å². The van der Waals surface area contributed by atoms with Gasteiger partial charge in [0.2, 0.25) is 0 Å². The summed E-state index contributed by atoms with van der Waals surface area (Å²) in [4.78, 5) is 0. The summed E-state index contributed by atoms with van der Waals surface area (Å²) >= 11 is 0. The van der Waals surface area contributed by atoms with E-state index in [0.29, 0.717) is 21.7 Å². The van der Waals surface area contributed by atoms with Crippen LogP contribution in [0.25, 0.3) is 0 Å². The zero-order chi connectivity index (χ0) is 13.5. The first kappa shape index (κ1) is 12.7. The average Bonchev–Trinajstić information content (AvgIpc) is 2.54. The van der Waals surface area contributed by atoms with E-state index in [4.69, 9.17) is 0 Å². The van der Waals surface area contributed by atoms with Crippen LogP contribution in [0.15, 0.2) is 0 Å². The van der Waals surface area contributed by atoms with Gasteiger partial charge in [0.1, 0.15) is 0 Å². The molecule has 6 rings (SSSR count). The largest absolute Gasteiger partial charge is 0.0594 e. The van der Waals surface area contributed by atoms with E-state index in [1.807, 2.05) is 0 Å².